The molecule has 0 bridgehead atoms. The minimum atomic E-state index is -1.10. The summed E-state index contributed by atoms with van der Waals surface area (Å²) < 4.78 is 17.0. The molecule has 0 aliphatic carbocycles. The fourth-order valence-electron chi connectivity index (χ4n) is 3.11. The summed E-state index contributed by atoms with van der Waals surface area (Å²) in [5.41, 5.74) is 6.23. The van der Waals surface area contributed by atoms with E-state index in [2.05, 4.69) is 0 Å². The van der Waals surface area contributed by atoms with E-state index in [4.69, 9.17) is 19.9 Å². The van der Waals surface area contributed by atoms with Gasteiger partial charge in [-0.3, -0.25) is 9.59 Å². The fourth-order valence-corrected chi connectivity index (χ4v) is 3.11. The van der Waals surface area contributed by atoms with Crippen molar-refractivity contribution < 1.29 is 23.8 Å². The van der Waals surface area contributed by atoms with Crippen molar-refractivity contribution in [1.82, 2.24) is 4.90 Å². The summed E-state index contributed by atoms with van der Waals surface area (Å²) >= 11 is 0. The Labute approximate surface area is 196 Å². The van der Waals surface area contributed by atoms with E-state index in [-0.39, 0.29) is 5.91 Å². The van der Waals surface area contributed by atoms with Gasteiger partial charge in [0.25, 0.3) is 5.91 Å². The van der Waals surface area contributed by atoms with E-state index >= 15 is 0 Å². The molecular weight excluding hydrogens is 420 g/mol. The average Bonchev–Trinajstić information content (AvgIpc) is 2.78. The van der Waals surface area contributed by atoms with Crippen molar-refractivity contribution in [2.75, 3.05) is 19.8 Å². The van der Waals surface area contributed by atoms with Gasteiger partial charge in [-0.15, -0.1) is 0 Å². The van der Waals surface area contributed by atoms with Gasteiger partial charge in [-0.1, -0.05) is 42.5 Å². The molecule has 33 heavy (non-hydrogen) atoms. The molecule has 0 aliphatic heterocycles. The van der Waals surface area contributed by atoms with Gasteiger partial charge in [0.2, 0.25) is 5.91 Å². The number of amides is 2. The van der Waals surface area contributed by atoms with E-state index in [1.165, 1.54) is 0 Å². The van der Waals surface area contributed by atoms with E-state index < -0.39 is 17.8 Å². The second-order valence-electron chi connectivity index (χ2n) is 8.07. The number of hydrogen-bond acceptors (Lipinski definition) is 5. The van der Waals surface area contributed by atoms with Gasteiger partial charge in [0.15, 0.2) is 11.9 Å². The Morgan fingerprint density at radius 1 is 0.970 bits per heavy atom. The predicted octanol–water partition coefficient (Wildman–Crippen LogP) is 3.50. The first-order valence-electron chi connectivity index (χ1n) is 11.2. The lowest BCUT2D eigenvalue weighted by molar-refractivity contribution is -0.158. The number of hydrogen-bond donors (Lipinski definition) is 1. The van der Waals surface area contributed by atoms with Gasteiger partial charge in [0.1, 0.15) is 5.75 Å². The van der Waals surface area contributed by atoms with Crippen LogP contribution in [0.3, 0.4) is 0 Å². The second-order valence-corrected chi connectivity index (χ2v) is 8.07. The summed E-state index contributed by atoms with van der Waals surface area (Å²) in [5.74, 6) is -0.101. The molecule has 2 rings (SSSR count). The summed E-state index contributed by atoms with van der Waals surface area (Å²) in [6.45, 7) is 8.84. The predicted molar refractivity (Wildman–Crippen MR) is 127 cm³/mol. The number of primary amides is 1. The van der Waals surface area contributed by atoms with Crippen LogP contribution in [0.15, 0.2) is 54.6 Å². The topological polar surface area (TPSA) is 91.1 Å². The molecule has 2 amide bonds. The molecular formula is C26H35N2O5. The monoisotopic (exact) mass is 455 g/mol. The maximum absolute atomic E-state index is 13.1. The first-order chi connectivity index (χ1) is 15.7. The van der Waals surface area contributed by atoms with Crippen molar-refractivity contribution in [3.63, 3.8) is 0 Å². The van der Waals surface area contributed by atoms with Crippen LogP contribution in [0.25, 0.3) is 0 Å². The zero-order valence-electron chi connectivity index (χ0n) is 20.0. The number of rotatable bonds is 14. The first kappa shape index (κ1) is 26.4. The van der Waals surface area contributed by atoms with Gasteiger partial charge in [-0.05, 0) is 57.4 Å². The van der Waals surface area contributed by atoms with E-state index in [1.54, 1.807) is 37.3 Å². The van der Waals surface area contributed by atoms with Crippen LogP contribution in [0.4, 0.5) is 0 Å². The molecule has 0 aromatic heterocycles. The number of carbonyl (C=O) groups is 2. The van der Waals surface area contributed by atoms with Crippen molar-refractivity contribution in [3.8, 4) is 5.75 Å². The number of benzene rings is 2. The number of nitrogens with two attached hydrogens (primary N) is 1. The lowest BCUT2D eigenvalue weighted by atomic mass is 10.1. The molecule has 1 radical (unpaired) electrons. The summed E-state index contributed by atoms with van der Waals surface area (Å²) in [7, 11) is 0. The standard InChI is InChI=1S/C26H35N2O5/c1-5-31-24(32-6-2)19-28(18-21-10-8-7-9-11-21)23(29)17-14-20-12-15-22(16-13-20)33-26(3,4)25(27)30/h7-13,15-17,24H,5-6,14,18-19H2,1-4H3,(H2,27,30). The van der Waals surface area contributed by atoms with Crippen molar-refractivity contribution in [1.29, 1.82) is 0 Å². The minimum absolute atomic E-state index is 0.0987. The van der Waals surface area contributed by atoms with E-state index in [0.717, 1.165) is 11.1 Å². The molecule has 2 aromatic rings. The van der Waals surface area contributed by atoms with Crippen LogP contribution in [0.5, 0.6) is 5.75 Å². The molecule has 0 fully saturated rings. The van der Waals surface area contributed by atoms with E-state index in [1.807, 2.05) is 56.3 Å². The summed E-state index contributed by atoms with van der Waals surface area (Å²) in [4.78, 5) is 26.3. The van der Waals surface area contributed by atoms with Crippen LogP contribution in [0.1, 0.15) is 38.8 Å². The molecule has 0 saturated carbocycles. The molecule has 0 atom stereocenters. The van der Waals surface area contributed by atoms with Crippen LogP contribution < -0.4 is 10.5 Å². The van der Waals surface area contributed by atoms with Gasteiger partial charge >= 0.3 is 0 Å². The average molecular weight is 456 g/mol. The summed E-state index contributed by atoms with van der Waals surface area (Å²) in [5, 5.41) is 0. The van der Waals surface area contributed by atoms with Crippen LogP contribution in [0, 0.1) is 6.42 Å². The summed E-state index contributed by atoms with van der Waals surface area (Å²) in [6.07, 6.45) is 1.63. The summed E-state index contributed by atoms with van der Waals surface area (Å²) in [6, 6.07) is 17.1. The Balaban J connectivity index is 2.03. The lowest BCUT2D eigenvalue weighted by Gasteiger charge is -2.27. The third-order valence-corrected chi connectivity index (χ3v) is 5.00. The first-order valence-corrected chi connectivity index (χ1v) is 11.2. The number of nitrogens with zero attached hydrogens (tertiary/aromatic N) is 1. The highest BCUT2D eigenvalue weighted by Gasteiger charge is 2.27. The third-order valence-electron chi connectivity index (χ3n) is 5.00. The van der Waals surface area contributed by atoms with Crippen molar-refractivity contribution in [2.45, 2.75) is 52.6 Å². The van der Waals surface area contributed by atoms with Gasteiger partial charge in [-0.25, -0.2) is 0 Å². The molecule has 7 heteroatoms. The highest BCUT2D eigenvalue weighted by molar-refractivity contribution is 5.85. The van der Waals surface area contributed by atoms with Crippen LogP contribution in [-0.4, -0.2) is 48.4 Å². The van der Waals surface area contributed by atoms with Crippen LogP contribution >= 0.6 is 0 Å². The molecule has 179 valence electrons. The maximum Gasteiger partial charge on any atom is 0.261 e. The molecule has 0 heterocycles. The highest BCUT2D eigenvalue weighted by Crippen LogP contribution is 2.20. The molecule has 7 nitrogen and oxygen atoms in total. The Hall–Kier alpha value is -2.90. The Morgan fingerprint density at radius 3 is 2.12 bits per heavy atom. The fraction of sp³-hybridized carbons (Fsp3) is 0.423. The normalized spacial score (nSPS) is 11.4. The third kappa shape index (κ3) is 8.86. The smallest absolute Gasteiger partial charge is 0.261 e. The Bertz CT molecular complexity index is 862. The minimum Gasteiger partial charge on any atom is -0.478 e. The van der Waals surface area contributed by atoms with Crippen molar-refractivity contribution in [2.24, 2.45) is 5.73 Å². The van der Waals surface area contributed by atoms with Gasteiger partial charge in [-0.2, -0.15) is 0 Å². The Kier molecular flexibility index (Phi) is 10.4. The van der Waals surface area contributed by atoms with E-state index in [0.29, 0.717) is 38.5 Å². The number of carbonyl (C=O) groups excluding carboxylic acids is 2. The zero-order chi connectivity index (χ0) is 24.3. The van der Waals surface area contributed by atoms with Gasteiger partial charge < -0.3 is 24.8 Å². The SMILES string of the molecule is CCOC(CN(Cc1ccccc1)C(=O)[CH]Cc1ccc(OC(C)(C)C(N)=O)cc1)OCC. The van der Waals surface area contributed by atoms with Gasteiger partial charge in [0, 0.05) is 19.8 Å². The molecule has 0 unspecified atom stereocenters. The molecule has 0 aliphatic rings. The maximum atomic E-state index is 13.1. The quantitative estimate of drug-likeness (QED) is 0.440. The Morgan fingerprint density at radius 2 is 1.58 bits per heavy atom. The van der Waals surface area contributed by atoms with Crippen molar-refractivity contribution >= 4 is 11.8 Å². The largest absolute Gasteiger partial charge is 0.478 e. The van der Waals surface area contributed by atoms with Crippen LogP contribution in [0.2, 0.25) is 0 Å². The lowest BCUT2D eigenvalue weighted by Crippen LogP contribution is -2.43. The molecule has 0 saturated heterocycles. The van der Waals surface area contributed by atoms with Gasteiger partial charge in [0.05, 0.1) is 13.0 Å². The number of ether oxygens (including phenoxy) is 3. The second kappa shape index (κ2) is 13.0. The highest BCUT2D eigenvalue weighted by atomic mass is 16.7. The van der Waals surface area contributed by atoms with E-state index in [9.17, 15) is 9.59 Å². The van der Waals surface area contributed by atoms with Crippen LogP contribution in [-0.2, 0) is 32.0 Å². The molecule has 2 aromatic carbocycles. The van der Waals surface area contributed by atoms with Crippen molar-refractivity contribution in [3.05, 3.63) is 72.1 Å². The molecule has 0 spiro atoms. The zero-order valence-corrected chi connectivity index (χ0v) is 20.0. The molecule has 2 N–H and O–H groups in total.